The monoisotopic (exact) mass is 312 g/mol. The van der Waals surface area contributed by atoms with Crippen LogP contribution in [0, 0.1) is 0 Å². The number of amides is 1. The van der Waals surface area contributed by atoms with Crippen LogP contribution in [0.2, 0.25) is 0 Å². The lowest BCUT2D eigenvalue weighted by molar-refractivity contribution is -0.120. The number of hydrogen-bond acceptors (Lipinski definition) is 4. The number of carbonyl (C=O) groups excluding carboxylic acids is 1. The van der Waals surface area contributed by atoms with Gasteiger partial charge in [0.2, 0.25) is 5.91 Å². The molecule has 2 aromatic rings. The van der Waals surface area contributed by atoms with Crippen LogP contribution in [0.3, 0.4) is 0 Å². The molecule has 5 heteroatoms. The average Bonchev–Trinajstić information content (AvgIpc) is 2.58. The molecule has 5 nitrogen and oxygen atoms in total. The van der Waals surface area contributed by atoms with Crippen LogP contribution in [0.4, 0.5) is 5.69 Å². The fourth-order valence-corrected chi connectivity index (χ4v) is 2.90. The first-order chi connectivity index (χ1) is 11.1. The van der Waals surface area contributed by atoms with E-state index in [9.17, 15) is 4.79 Å². The molecule has 0 saturated carbocycles. The lowest BCUT2D eigenvalue weighted by Gasteiger charge is -2.33. The summed E-state index contributed by atoms with van der Waals surface area (Å²) in [5.41, 5.74) is 8.91. The van der Waals surface area contributed by atoms with Gasteiger partial charge in [-0.15, -0.1) is 0 Å². The Kier molecular flexibility index (Phi) is 4.21. The van der Waals surface area contributed by atoms with Gasteiger partial charge in [0.1, 0.15) is 0 Å². The van der Waals surface area contributed by atoms with Crippen molar-refractivity contribution in [3.05, 3.63) is 53.6 Å². The molecule has 1 aliphatic heterocycles. The van der Waals surface area contributed by atoms with E-state index in [1.165, 1.54) is 0 Å². The van der Waals surface area contributed by atoms with Crippen LogP contribution in [0.25, 0.3) is 0 Å². The van der Waals surface area contributed by atoms with E-state index >= 15 is 0 Å². The third-order valence-corrected chi connectivity index (χ3v) is 4.08. The van der Waals surface area contributed by atoms with Crippen LogP contribution in [-0.2, 0) is 17.8 Å². The number of carbonyl (C=O) groups is 1. The Bertz CT molecular complexity index is 716. The van der Waals surface area contributed by atoms with Gasteiger partial charge in [0.25, 0.3) is 0 Å². The van der Waals surface area contributed by atoms with Crippen LogP contribution >= 0.6 is 0 Å². The van der Waals surface area contributed by atoms with E-state index in [2.05, 4.69) is 0 Å². The molecule has 0 spiro atoms. The topological polar surface area (TPSA) is 64.8 Å². The smallest absolute Gasteiger partial charge is 0.244 e. The Labute approximate surface area is 135 Å². The fraction of sp³-hybridized carbons (Fsp3) is 0.278. The minimum Gasteiger partial charge on any atom is -0.493 e. The molecule has 0 aliphatic carbocycles. The SMILES string of the molecule is COc1cc2c(cc1OC)N(Cc1ccccc1)C(=O)C(N)C2. The third-order valence-electron chi connectivity index (χ3n) is 4.08. The molecule has 1 unspecified atom stereocenters. The Hall–Kier alpha value is -2.53. The molecule has 120 valence electrons. The van der Waals surface area contributed by atoms with Gasteiger partial charge in [-0.1, -0.05) is 30.3 Å². The largest absolute Gasteiger partial charge is 0.493 e. The van der Waals surface area contributed by atoms with Crippen LogP contribution in [0.15, 0.2) is 42.5 Å². The van der Waals surface area contributed by atoms with Crippen LogP contribution < -0.4 is 20.1 Å². The maximum Gasteiger partial charge on any atom is 0.244 e. The van der Waals surface area contributed by atoms with E-state index in [0.29, 0.717) is 24.5 Å². The molecule has 1 atom stereocenters. The van der Waals surface area contributed by atoms with Crippen LogP contribution in [0.1, 0.15) is 11.1 Å². The predicted molar refractivity (Wildman–Crippen MR) is 88.9 cm³/mol. The van der Waals surface area contributed by atoms with Crippen molar-refractivity contribution in [2.45, 2.75) is 19.0 Å². The molecule has 3 rings (SSSR count). The lowest BCUT2D eigenvalue weighted by atomic mass is 9.96. The minimum absolute atomic E-state index is 0.0754. The minimum atomic E-state index is -0.538. The summed E-state index contributed by atoms with van der Waals surface area (Å²) < 4.78 is 10.7. The zero-order valence-corrected chi connectivity index (χ0v) is 13.3. The quantitative estimate of drug-likeness (QED) is 0.939. The standard InChI is InChI=1S/C18H20N2O3/c1-22-16-9-13-8-14(19)18(21)20(15(13)10-17(16)23-2)11-12-6-4-3-5-7-12/h3-7,9-10,14H,8,11,19H2,1-2H3. The summed E-state index contributed by atoms with van der Waals surface area (Å²) in [4.78, 5) is 14.3. The highest BCUT2D eigenvalue weighted by Gasteiger charge is 2.31. The fourth-order valence-electron chi connectivity index (χ4n) is 2.90. The highest BCUT2D eigenvalue weighted by atomic mass is 16.5. The van der Waals surface area contributed by atoms with Crippen molar-refractivity contribution >= 4 is 11.6 Å². The molecular formula is C18H20N2O3. The molecule has 23 heavy (non-hydrogen) atoms. The van der Waals surface area contributed by atoms with E-state index in [4.69, 9.17) is 15.2 Å². The Morgan fingerprint density at radius 2 is 1.78 bits per heavy atom. The van der Waals surface area contributed by atoms with Crippen LogP contribution in [-0.4, -0.2) is 26.2 Å². The molecule has 2 N–H and O–H groups in total. The molecule has 0 aromatic heterocycles. The molecule has 0 saturated heterocycles. The second-order valence-corrected chi connectivity index (χ2v) is 5.56. The summed E-state index contributed by atoms with van der Waals surface area (Å²) in [5.74, 6) is 1.17. The van der Waals surface area contributed by atoms with E-state index < -0.39 is 6.04 Å². The normalized spacial score (nSPS) is 16.9. The maximum atomic E-state index is 12.6. The van der Waals surface area contributed by atoms with Gasteiger partial charge in [-0.05, 0) is 23.6 Å². The van der Waals surface area contributed by atoms with E-state index in [1.807, 2.05) is 42.5 Å². The molecule has 1 amide bonds. The molecule has 1 heterocycles. The van der Waals surface area contributed by atoms with Crippen molar-refractivity contribution < 1.29 is 14.3 Å². The third kappa shape index (κ3) is 2.87. The first-order valence-electron chi connectivity index (χ1n) is 7.50. The second-order valence-electron chi connectivity index (χ2n) is 5.56. The summed E-state index contributed by atoms with van der Waals surface area (Å²) in [6.45, 7) is 0.482. The molecule has 0 radical (unpaired) electrons. The van der Waals surface area contributed by atoms with Gasteiger partial charge in [0.15, 0.2) is 11.5 Å². The predicted octanol–water partition coefficient (Wildman–Crippen LogP) is 2.12. The summed E-state index contributed by atoms with van der Waals surface area (Å²) in [5, 5.41) is 0. The maximum absolute atomic E-state index is 12.6. The summed E-state index contributed by atoms with van der Waals surface area (Å²) in [7, 11) is 3.18. The number of hydrogen-bond donors (Lipinski definition) is 1. The second kappa shape index (κ2) is 6.30. The number of nitrogens with two attached hydrogens (primary N) is 1. The first kappa shape index (κ1) is 15.4. The number of fused-ring (bicyclic) bond motifs is 1. The number of ether oxygens (including phenoxy) is 2. The van der Waals surface area contributed by atoms with Gasteiger partial charge in [-0.2, -0.15) is 0 Å². The van der Waals surface area contributed by atoms with Gasteiger partial charge in [0, 0.05) is 6.07 Å². The van der Waals surface area contributed by atoms with Gasteiger partial charge in [-0.25, -0.2) is 0 Å². The highest BCUT2D eigenvalue weighted by molar-refractivity contribution is 6.00. The van der Waals surface area contributed by atoms with Crippen LogP contribution in [0.5, 0.6) is 11.5 Å². The Morgan fingerprint density at radius 1 is 1.13 bits per heavy atom. The number of anilines is 1. The molecule has 1 aliphatic rings. The number of rotatable bonds is 4. The number of benzene rings is 2. The van der Waals surface area contributed by atoms with Gasteiger partial charge >= 0.3 is 0 Å². The van der Waals surface area contributed by atoms with E-state index in [0.717, 1.165) is 16.8 Å². The Balaban J connectivity index is 2.04. The van der Waals surface area contributed by atoms with E-state index in [1.54, 1.807) is 19.1 Å². The summed E-state index contributed by atoms with van der Waals surface area (Å²) >= 11 is 0. The van der Waals surface area contributed by atoms with Crippen molar-refractivity contribution in [2.24, 2.45) is 5.73 Å². The van der Waals surface area contributed by atoms with Gasteiger partial charge in [-0.3, -0.25) is 4.79 Å². The summed E-state index contributed by atoms with van der Waals surface area (Å²) in [6.07, 6.45) is 0.500. The van der Waals surface area contributed by atoms with E-state index in [-0.39, 0.29) is 5.91 Å². The zero-order valence-electron chi connectivity index (χ0n) is 13.3. The molecule has 0 bridgehead atoms. The number of methoxy groups -OCH3 is 2. The molecule has 2 aromatic carbocycles. The van der Waals surface area contributed by atoms with Gasteiger partial charge in [0.05, 0.1) is 32.5 Å². The van der Waals surface area contributed by atoms with Crippen molar-refractivity contribution in [2.75, 3.05) is 19.1 Å². The zero-order chi connectivity index (χ0) is 16.4. The van der Waals surface area contributed by atoms with Gasteiger partial charge < -0.3 is 20.1 Å². The Morgan fingerprint density at radius 3 is 2.43 bits per heavy atom. The summed E-state index contributed by atoms with van der Waals surface area (Å²) in [6, 6.07) is 13.1. The molecular weight excluding hydrogens is 292 g/mol. The lowest BCUT2D eigenvalue weighted by Crippen LogP contribution is -2.48. The first-order valence-corrected chi connectivity index (χ1v) is 7.50. The van der Waals surface area contributed by atoms with Crippen molar-refractivity contribution in [1.82, 2.24) is 0 Å². The highest BCUT2D eigenvalue weighted by Crippen LogP contribution is 2.38. The average molecular weight is 312 g/mol. The van der Waals surface area contributed by atoms with Crippen molar-refractivity contribution in [3.63, 3.8) is 0 Å². The molecule has 0 fully saturated rings. The van der Waals surface area contributed by atoms with Crippen molar-refractivity contribution in [3.8, 4) is 11.5 Å². The number of nitrogens with zero attached hydrogens (tertiary/aromatic N) is 1. The van der Waals surface area contributed by atoms with Crippen molar-refractivity contribution in [1.29, 1.82) is 0 Å².